The Bertz CT molecular complexity index is 598. The van der Waals surface area contributed by atoms with Crippen molar-refractivity contribution >= 4 is 10.0 Å². The van der Waals surface area contributed by atoms with Crippen LogP contribution in [0.5, 0.6) is 0 Å². The van der Waals surface area contributed by atoms with Gasteiger partial charge in [0.25, 0.3) is 0 Å². The molecule has 5 heteroatoms. The number of aryl methyl sites for hydroxylation is 1. The second kappa shape index (κ2) is 6.46. The first-order valence-electron chi connectivity index (χ1n) is 7.56. The lowest BCUT2D eigenvalue weighted by Crippen LogP contribution is -2.42. The van der Waals surface area contributed by atoms with Gasteiger partial charge in [-0.2, -0.15) is 0 Å². The predicted molar refractivity (Wildman–Crippen MR) is 83.4 cm³/mol. The molecular formula is C16H25NO3S. The van der Waals surface area contributed by atoms with Gasteiger partial charge in [-0.15, -0.1) is 0 Å². The van der Waals surface area contributed by atoms with E-state index in [1.54, 1.807) is 25.1 Å². The van der Waals surface area contributed by atoms with E-state index in [-0.39, 0.29) is 17.5 Å². The third-order valence-electron chi connectivity index (χ3n) is 4.46. The molecule has 1 aromatic carbocycles. The maximum Gasteiger partial charge on any atom is 0.241 e. The second-order valence-electron chi connectivity index (χ2n) is 6.38. The number of aliphatic hydroxyl groups is 1. The molecule has 1 fully saturated rings. The minimum atomic E-state index is -3.53. The van der Waals surface area contributed by atoms with Crippen molar-refractivity contribution in [2.45, 2.75) is 57.6 Å². The lowest BCUT2D eigenvalue weighted by atomic mass is 9.80. The largest absolute Gasteiger partial charge is 0.392 e. The van der Waals surface area contributed by atoms with Crippen LogP contribution in [0.2, 0.25) is 0 Å². The monoisotopic (exact) mass is 311 g/mol. The molecule has 1 aliphatic carbocycles. The summed E-state index contributed by atoms with van der Waals surface area (Å²) in [7, 11) is -3.53. The molecule has 118 valence electrons. The van der Waals surface area contributed by atoms with Crippen LogP contribution in [0.25, 0.3) is 0 Å². The lowest BCUT2D eigenvalue weighted by Gasteiger charge is -2.33. The van der Waals surface area contributed by atoms with Gasteiger partial charge in [0.05, 0.1) is 11.5 Å². The van der Waals surface area contributed by atoms with Gasteiger partial charge in [0.1, 0.15) is 0 Å². The molecule has 0 bridgehead atoms. The zero-order valence-electron chi connectivity index (χ0n) is 13.0. The summed E-state index contributed by atoms with van der Waals surface area (Å²) in [5.74, 6) is 1.02. The topological polar surface area (TPSA) is 66.4 Å². The van der Waals surface area contributed by atoms with Gasteiger partial charge in [0, 0.05) is 6.04 Å². The summed E-state index contributed by atoms with van der Waals surface area (Å²) >= 11 is 0. The van der Waals surface area contributed by atoms with Gasteiger partial charge in [-0.05, 0) is 55.2 Å². The predicted octanol–water partition coefficient (Wildman–Crippen LogP) is 2.59. The average molecular weight is 311 g/mol. The van der Waals surface area contributed by atoms with Gasteiger partial charge >= 0.3 is 0 Å². The molecule has 2 N–H and O–H groups in total. The van der Waals surface area contributed by atoms with Crippen molar-refractivity contribution in [3.63, 3.8) is 0 Å². The quantitative estimate of drug-likeness (QED) is 0.898. The average Bonchev–Trinajstić information content (AvgIpc) is 2.42. The molecular weight excluding hydrogens is 286 g/mol. The smallest absolute Gasteiger partial charge is 0.241 e. The minimum absolute atomic E-state index is 0.00313. The Morgan fingerprint density at radius 1 is 1.29 bits per heavy atom. The fraction of sp³-hybridized carbons (Fsp3) is 0.625. The Morgan fingerprint density at radius 2 is 2.00 bits per heavy atom. The molecule has 0 saturated heterocycles. The van der Waals surface area contributed by atoms with Crippen molar-refractivity contribution in [1.29, 1.82) is 0 Å². The maximum absolute atomic E-state index is 12.6. The molecule has 0 amide bonds. The first-order valence-corrected chi connectivity index (χ1v) is 9.04. The summed E-state index contributed by atoms with van der Waals surface area (Å²) in [6.07, 6.45) is 3.01. The summed E-state index contributed by atoms with van der Waals surface area (Å²) in [6.45, 7) is 5.96. The number of nitrogens with one attached hydrogen (secondary N) is 1. The highest BCUT2D eigenvalue weighted by Gasteiger charge is 2.30. The Hall–Kier alpha value is -0.910. The first kappa shape index (κ1) is 16.5. The van der Waals surface area contributed by atoms with E-state index >= 15 is 0 Å². The second-order valence-corrected chi connectivity index (χ2v) is 8.06. The molecule has 0 spiro atoms. The van der Waals surface area contributed by atoms with Crippen LogP contribution < -0.4 is 4.72 Å². The first-order chi connectivity index (χ1) is 9.83. The molecule has 1 aromatic rings. The number of hydrogen-bond acceptors (Lipinski definition) is 3. The standard InChI is InChI=1S/C16H25NO3S/c1-11-4-7-15(13(3)8-11)17-21(19,20)16-9-14(10-18)6-5-12(16)2/h5-6,9,11,13,15,17-18H,4,7-8,10H2,1-3H3. The summed E-state index contributed by atoms with van der Waals surface area (Å²) in [5, 5.41) is 9.20. The zero-order valence-corrected chi connectivity index (χ0v) is 13.8. The highest BCUT2D eigenvalue weighted by Crippen LogP contribution is 2.30. The fourth-order valence-corrected chi connectivity index (χ4v) is 4.81. The molecule has 4 nitrogen and oxygen atoms in total. The van der Waals surface area contributed by atoms with Gasteiger partial charge in [-0.3, -0.25) is 0 Å². The normalized spacial score (nSPS) is 26.8. The number of aliphatic hydroxyl groups excluding tert-OH is 1. The number of sulfonamides is 1. The SMILES string of the molecule is Cc1ccc(CO)cc1S(=O)(=O)NC1CCC(C)CC1C. The van der Waals surface area contributed by atoms with Crippen LogP contribution in [0.15, 0.2) is 23.1 Å². The Labute approximate surface area is 127 Å². The van der Waals surface area contributed by atoms with E-state index in [0.717, 1.165) is 19.3 Å². The van der Waals surface area contributed by atoms with Crippen molar-refractivity contribution in [1.82, 2.24) is 4.72 Å². The van der Waals surface area contributed by atoms with Crippen LogP contribution in [-0.4, -0.2) is 19.6 Å². The van der Waals surface area contributed by atoms with Gasteiger partial charge in [-0.1, -0.05) is 26.0 Å². The maximum atomic E-state index is 12.6. The molecule has 21 heavy (non-hydrogen) atoms. The van der Waals surface area contributed by atoms with Crippen LogP contribution in [0.1, 0.15) is 44.2 Å². The van der Waals surface area contributed by atoms with Crippen LogP contribution in [0, 0.1) is 18.8 Å². The minimum Gasteiger partial charge on any atom is -0.392 e. The summed E-state index contributed by atoms with van der Waals surface area (Å²) in [5.41, 5.74) is 1.32. The van der Waals surface area contributed by atoms with Gasteiger partial charge in [-0.25, -0.2) is 13.1 Å². The summed E-state index contributed by atoms with van der Waals surface area (Å²) in [6, 6.07) is 5.06. The van der Waals surface area contributed by atoms with E-state index < -0.39 is 10.0 Å². The highest BCUT2D eigenvalue weighted by atomic mass is 32.2. The molecule has 1 aliphatic rings. The van der Waals surface area contributed by atoms with Crippen molar-refractivity contribution in [3.8, 4) is 0 Å². The Balaban J connectivity index is 2.22. The molecule has 2 rings (SSSR count). The fourth-order valence-electron chi connectivity index (χ4n) is 3.14. The molecule has 0 radical (unpaired) electrons. The third-order valence-corrected chi connectivity index (χ3v) is 6.09. The van der Waals surface area contributed by atoms with Crippen LogP contribution in [0.3, 0.4) is 0 Å². The number of hydrogen-bond donors (Lipinski definition) is 2. The van der Waals surface area contributed by atoms with Crippen LogP contribution >= 0.6 is 0 Å². The van der Waals surface area contributed by atoms with Gasteiger partial charge in [0.2, 0.25) is 10.0 Å². The Kier molecular flexibility index (Phi) is 5.07. The van der Waals surface area contributed by atoms with Crippen molar-refractivity contribution in [2.24, 2.45) is 11.8 Å². The summed E-state index contributed by atoms with van der Waals surface area (Å²) in [4.78, 5) is 0.278. The molecule has 1 saturated carbocycles. The molecule has 0 aliphatic heterocycles. The molecule has 3 unspecified atom stereocenters. The molecule has 0 aromatic heterocycles. The van der Waals surface area contributed by atoms with E-state index in [1.165, 1.54) is 0 Å². The lowest BCUT2D eigenvalue weighted by molar-refractivity contribution is 0.249. The van der Waals surface area contributed by atoms with Crippen LogP contribution in [-0.2, 0) is 16.6 Å². The summed E-state index contributed by atoms with van der Waals surface area (Å²) < 4.78 is 28.1. The van der Waals surface area contributed by atoms with E-state index in [4.69, 9.17) is 0 Å². The van der Waals surface area contributed by atoms with Crippen LogP contribution in [0.4, 0.5) is 0 Å². The van der Waals surface area contributed by atoms with Gasteiger partial charge in [0.15, 0.2) is 0 Å². The number of rotatable bonds is 4. The van der Waals surface area contributed by atoms with E-state index in [1.807, 2.05) is 0 Å². The van der Waals surface area contributed by atoms with Crippen molar-refractivity contribution in [3.05, 3.63) is 29.3 Å². The third kappa shape index (κ3) is 3.84. The van der Waals surface area contributed by atoms with E-state index in [0.29, 0.717) is 23.0 Å². The van der Waals surface area contributed by atoms with E-state index in [9.17, 15) is 13.5 Å². The Morgan fingerprint density at radius 3 is 2.62 bits per heavy atom. The van der Waals surface area contributed by atoms with E-state index in [2.05, 4.69) is 18.6 Å². The number of benzene rings is 1. The molecule has 3 atom stereocenters. The van der Waals surface area contributed by atoms with Crippen molar-refractivity contribution < 1.29 is 13.5 Å². The van der Waals surface area contributed by atoms with Gasteiger partial charge < -0.3 is 5.11 Å². The zero-order chi connectivity index (χ0) is 15.6. The van der Waals surface area contributed by atoms with Crippen molar-refractivity contribution in [2.75, 3.05) is 0 Å². The highest BCUT2D eigenvalue weighted by molar-refractivity contribution is 7.89. The molecule has 0 heterocycles.